The van der Waals surface area contributed by atoms with Crippen molar-refractivity contribution in [1.82, 2.24) is 10.2 Å². The Balaban J connectivity index is 2.53. The summed E-state index contributed by atoms with van der Waals surface area (Å²) in [5.41, 5.74) is -0.169. The first-order chi connectivity index (χ1) is 7.87. The molecule has 3 nitrogen and oxygen atoms in total. The highest BCUT2D eigenvalue weighted by atomic mass is 16.3. The molecule has 0 bridgehead atoms. The van der Waals surface area contributed by atoms with Crippen LogP contribution in [0.1, 0.15) is 46.0 Å². The zero-order chi connectivity index (χ0) is 12.9. The molecule has 102 valence electrons. The predicted molar refractivity (Wildman–Crippen MR) is 73.2 cm³/mol. The highest BCUT2D eigenvalue weighted by Gasteiger charge is 2.33. The Hall–Kier alpha value is -0.120. The van der Waals surface area contributed by atoms with Gasteiger partial charge in [0.2, 0.25) is 0 Å². The molecule has 0 aromatic rings. The van der Waals surface area contributed by atoms with Crippen LogP contribution in [-0.2, 0) is 0 Å². The van der Waals surface area contributed by atoms with Crippen molar-refractivity contribution < 1.29 is 5.11 Å². The zero-order valence-electron chi connectivity index (χ0n) is 12.1. The molecule has 0 spiro atoms. The molecule has 0 saturated heterocycles. The summed E-state index contributed by atoms with van der Waals surface area (Å²) in [6, 6.07) is 0. The van der Waals surface area contributed by atoms with Gasteiger partial charge >= 0.3 is 0 Å². The Kier molecular flexibility index (Phi) is 5.42. The molecule has 0 aliphatic heterocycles. The number of hydrogen-bond donors (Lipinski definition) is 2. The molecule has 0 radical (unpaired) electrons. The van der Waals surface area contributed by atoms with E-state index in [1.165, 1.54) is 32.1 Å². The SMILES string of the molecule is CNCC1(CN(C)CC(C)(C)O)CCCCC1. The molecule has 17 heavy (non-hydrogen) atoms. The molecule has 2 N–H and O–H groups in total. The van der Waals surface area contributed by atoms with Crippen molar-refractivity contribution in [2.24, 2.45) is 5.41 Å². The quantitative estimate of drug-likeness (QED) is 0.746. The minimum atomic E-state index is -0.593. The zero-order valence-corrected chi connectivity index (χ0v) is 12.1. The van der Waals surface area contributed by atoms with E-state index in [-0.39, 0.29) is 0 Å². The molecular formula is C14H30N2O. The highest BCUT2D eigenvalue weighted by Crippen LogP contribution is 2.36. The second kappa shape index (κ2) is 6.17. The minimum absolute atomic E-state index is 0.424. The Labute approximate surface area is 107 Å². The standard InChI is InChI=1S/C14H30N2O/c1-13(2,17)11-16(4)12-14(10-15-3)8-6-5-7-9-14/h15,17H,5-12H2,1-4H3. The molecule has 1 fully saturated rings. The Morgan fingerprint density at radius 1 is 1.24 bits per heavy atom. The van der Waals surface area contributed by atoms with Crippen LogP contribution in [0.15, 0.2) is 0 Å². The van der Waals surface area contributed by atoms with Crippen LogP contribution in [-0.4, -0.2) is 49.3 Å². The van der Waals surface area contributed by atoms with E-state index in [1.807, 2.05) is 20.9 Å². The monoisotopic (exact) mass is 242 g/mol. The maximum atomic E-state index is 9.87. The lowest BCUT2D eigenvalue weighted by Crippen LogP contribution is -2.47. The molecule has 0 atom stereocenters. The normalized spacial score (nSPS) is 20.8. The lowest BCUT2D eigenvalue weighted by molar-refractivity contribution is 0.0234. The number of hydrogen-bond acceptors (Lipinski definition) is 3. The van der Waals surface area contributed by atoms with Gasteiger partial charge in [-0.25, -0.2) is 0 Å². The number of likely N-dealkylation sites (N-methyl/N-ethyl adjacent to an activating group) is 1. The van der Waals surface area contributed by atoms with Crippen molar-refractivity contribution in [3.63, 3.8) is 0 Å². The van der Waals surface area contributed by atoms with E-state index in [2.05, 4.69) is 17.3 Å². The molecule has 0 aromatic heterocycles. The van der Waals surface area contributed by atoms with Crippen LogP contribution in [0.5, 0.6) is 0 Å². The van der Waals surface area contributed by atoms with Crippen molar-refractivity contribution >= 4 is 0 Å². The molecule has 0 heterocycles. The van der Waals surface area contributed by atoms with Gasteiger partial charge in [0, 0.05) is 19.6 Å². The first kappa shape index (κ1) is 14.9. The summed E-state index contributed by atoms with van der Waals surface area (Å²) in [6.45, 7) is 6.71. The summed E-state index contributed by atoms with van der Waals surface area (Å²) in [6.07, 6.45) is 6.75. The second-order valence-corrected chi connectivity index (χ2v) is 6.58. The van der Waals surface area contributed by atoms with Gasteiger partial charge in [-0.2, -0.15) is 0 Å². The average molecular weight is 242 g/mol. The number of aliphatic hydroxyl groups is 1. The number of nitrogens with zero attached hydrogens (tertiary/aromatic N) is 1. The summed E-state index contributed by atoms with van der Waals surface area (Å²) >= 11 is 0. The van der Waals surface area contributed by atoms with Gasteiger partial charge in [-0.3, -0.25) is 0 Å². The predicted octanol–water partition coefficient (Wildman–Crippen LogP) is 1.86. The fraction of sp³-hybridized carbons (Fsp3) is 1.00. The van der Waals surface area contributed by atoms with Gasteiger partial charge in [0.05, 0.1) is 5.60 Å². The molecule has 0 aromatic carbocycles. The minimum Gasteiger partial charge on any atom is -0.389 e. The molecule has 1 aliphatic carbocycles. The lowest BCUT2D eigenvalue weighted by Gasteiger charge is -2.41. The maximum Gasteiger partial charge on any atom is 0.0718 e. The number of nitrogens with one attached hydrogen (secondary N) is 1. The van der Waals surface area contributed by atoms with Crippen LogP contribution >= 0.6 is 0 Å². The van der Waals surface area contributed by atoms with Gasteiger partial charge < -0.3 is 15.3 Å². The van der Waals surface area contributed by atoms with Crippen molar-refractivity contribution in [1.29, 1.82) is 0 Å². The third-order valence-corrected chi connectivity index (χ3v) is 3.73. The van der Waals surface area contributed by atoms with Crippen molar-refractivity contribution in [2.45, 2.75) is 51.6 Å². The summed E-state index contributed by atoms with van der Waals surface area (Å²) < 4.78 is 0. The van der Waals surface area contributed by atoms with E-state index in [4.69, 9.17) is 0 Å². The van der Waals surface area contributed by atoms with Crippen LogP contribution < -0.4 is 5.32 Å². The summed E-state index contributed by atoms with van der Waals surface area (Å²) in [5, 5.41) is 13.2. The van der Waals surface area contributed by atoms with Crippen molar-refractivity contribution in [2.75, 3.05) is 33.7 Å². The molecule has 3 heteroatoms. The van der Waals surface area contributed by atoms with Gasteiger partial charge in [0.15, 0.2) is 0 Å². The van der Waals surface area contributed by atoms with Gasteiger partial charge in [0.1, 0.15) is 0 Å². The van der Waals surface area contributed by atoms with Crippen LogP contribution in [0, 0.1) is 5.41 Å². The van der Waals surface area contributed by atoms with Crippen LogP contribution in [0.3, 0.4) is 0 Å². The molecule has 1 saturated carbocycles. The fourth-order valence-corrected chi connectivity index (χ4v) is 3.36. The van der Waals surface area contributed by atoms with Gasteiger partial charge in [-0.15, -0.1) is 0 Å². The average Bonchev–Trinajstić information content (AvgIpc) is 2.15. The third-order valence-electron chi connectivity index (χ3n) is 3.73. The molecular weight excluding hydrogens is 212 g/mol. The topological polar surface area (TPSA) is 35.5 Å². The Morgan fingerprint density at radius 3 is 2.29 bits per heavy atom. The maximum absolute atomic E-state index is 9.87. The first-order valence-corrected chi connectivity index (χ1v) is 6.92. The summed E-state index contributed by atoms with van der Waals surface area (Å²) in [7, 11) is 4.18. The summed E-state index contributed by atoms with van der Waals surface area (Å²) in [5.74, 6) is 0. The fourth-order valence-electron chi connectivity index (χ4n) is 3.36. The highest BCUT2D eigenvalue weighted by molar-refractivity contribution is 4.88. The lowest BCUT2D eigenvalue weighted by atomic mass is 9.73. The molecule has 0 unspecified atom stereocenters. The van der Waals surface area contributed by atoms with E-state index < -0.39 is 5.60 Å². The van der Waals surface area contributed by atoms with Crippen LogP contribution in [0.4, 0.5) is 0 Å². The van der Waals surface area contributed by atoms with Gasteiger partial charge in [-0.1, -0.05) is 19.3 Å². The van der Waals surface area contributed by atoms with E-state index >= 15 is 0 Å². The van der Waals surface area contributed by atoms with E-state index in [0.29, 0.717) is 5.41 Å². The van der Waals surface area contributed by atoms with E-state index in [1.54, 1.807) is 0 Å². The van der Waals surface area contributed by atoms with E-state index in [9.17, 15) is 5.11 Å². The third kappa shape index (κ3) is 5.36. The Bertz CT molecular complexity index is 211. The van der Waals surface area contributed by atoms with E-state index in [0.717, 1.165) is 19.6 Å². The van der Waals surface area contributed by atoms with Crippen molar-refractivity contribution in [3.05, 3.63) is 0 Å². The van der Waals surface area contributed by atoms with Crippen molar-refractivity contribution in [3.8, 4) is 0 Å². The number of rotatable bonds is 6. The summed E-state index contributed by atoms with van der Waals surface area (Å²) in [4.78, 5) is 2.29. The van der Waals surface area contributed by atoms with Gasteiger partial charge in [0.25, 0.3) is 0 Å². The second-order valence-electron chi connectivity index (χ2n) is 6.58. The largest absolute Gasteiger partial charge is 0.389 e. The Morgan fingerprint density at radius 2 is 1.82 bits per heavy atom. The smallest absolute Gasteiger partial charge is 0.0718 e. The van der Waals surface area contributed by atoms with Crippen LogP contribution in [0.2, 0.25) is 0 Å². The molecule has 1 rings (SSSR count). The van der Waals surface area contributed by atoms with Crippen LogP contribution in [0.25, 0.3) is 0 Å². The molecule has 0 amide bonds. The molecule has 1 aliphatic rings. The van der Waals surface area contributed by atoms with Gasteiger partial charge in [-0.05, 0) is 46.2 Å². The first-order valence-electron chi connectivity index (χ1n) is 6.92.